The van der Waals surface area contributed by atoms with Crippen LogP contribution in [0.2, 0.25) is 0 Å². The van der Waals surface area contributed by atoms with Crippen LogP contribution in [0.4, 0.5) is 4.39 Å². The van der Waals surface area contributed by atoms with Crippen molar-refractivity contribution < 1.29 is 23.5 Å². The van der Waals surface area contributed by atoms with Crippen molar-refractivity contribution >= 4 is 11.8 Å². The number of carbonyl (C=O) groups excluding carboxylic acids is 2. The first-order valence-corrected chi connectivity index (χ1v) is 11.4. The molecule has 7 nitrogen and oxygen atoms in total. The molecule has 8 heteroatoms. The Morgan fingerprint density at radius 1 is 1.06 bits per heavy atom. The van der Waals surface area contributed by atoms with Gasteiger partial charge in [-0.2, -0.15) is 0 Å². The van der Waals surface area contributed by atoms with Gasteiger partial charge in [-0.05, 0) is 48.7 Å². The number of aromatic nitrogens is 1. The summed E-state index contributed by atoms with van der Waals surface area (Å²) >= 11 is 0. The lowest BCUT2D eigenvalue weighted by molar-refractivity contribution is -0.143. The van der Waals surface area contributed by atoms with Gasteiger partial charge >= 0.3 is 0 Å². The Labute approximate surface area is 193 Å². The first-order valence-electron chi connectivity index (χ1n) is 11.4. The molecule has 0 spiro atoms. The summed E-state index contributed by atoms with van der Waals surface area (Å²) in [5.74, 6) is 0.299. The summed E-state index contributed by atoms with van der Waals surface area (Å²) in [7, 11) is 0. The second kappa shape index (κ2) is 10.7. The number of rotatable bonds is 7. The van der Waals surface area contributed by atoms with E-state index in [1.807, 2.05) is 21.9 Å². The third-order valence-corrected chi connectivity index (χ3v) is 6.34. The molecule has 2 saturated heterocycles. The quantitative estimate of drug-likeness (QED) is 0.642. The maximum atomic E-state index is 13.3. The Kier molecular flexibility index (Phi) is 7.54. The largest absolute Gasteiger partial charge is 0.493 e. The molecule has 0 saturated carbocycles. The minimum absolute atomic E-state index is 0.0210. The molecule has 2 aliphatic heterocycles. The van der Waals surface area contributed by atoms with Gasteiger partial charge in [-0.3, -0.25) is 14.6 Å². The van der Waals surface area contributed by atoms with Crippen molar-refractivity contribution in [2.24, 2.45) is 5.41 Å². The van der Waals surface area contributed by atoms with Gasteiger partial charge in [0, 0.05) is 50.4 Å². The van der Waals surface area contributed by atoms with Crippen molar-refractivity contribution in [1.29, 1.82) is 0 Å². The van der Waals surface area contributed by atoms with E-state index < -0.39 is 5.41 Å². The van der Waals surface area contributed by atoms with Crippen LogP contribution in [0, 0.1) is 11.2 Å². The number of nitrogens with zero attached hydrogens (tertiary/aromatic N) is 3. The van der Waals surface area contributed by atoms with E-state index in [1.54, 1.807) is 24.5 Å². The number of hydrogen-bond acceptors (Lipinski definition) is 5. The van der Waals surface area contributed by atoms with Gasteiger partial charge in [0.25, 0.3) is 0 Å². The fourth-order valence-corrected chi connectivity index (χ4v) is 4.54. The molecule has 33 heavy (non-hydrogen) atoms. The molecule has 1 aromatic heterocycles. The molecule has 1 atom stereocenters. The zero-order valence-electron chi connectivity index (χ0n) is 18.7. The monoisotopic (exact) mass is 455 g/mol. The van der Waals surface area contributed by atoms with E-state index in [0.717, 1.165) is 18.4 Å². The lowest BCUT2D eigenvalue weighted by Crippen LogP contribution is -2.52. The number of pyridine rings is 1. The van der Waals surface area contributed by atoms with E-state index >= 15 is 0 Å². The molecule has 0 bridgehead atoms. The number of carbonyl (C=O) groups is 2. The van der Waals surface area contributed by atoms with Crippen LogP contribution in [0.15, 0.2) is 48.8 Å². The Bertz CT molecular complexity index is 934. The molecular weight excluding hydrogens is 425 g/mol. The van der Waals surface area contributed by atoms with Crippen LogP contribution in [0.25, 0.3) is 0 Å². The maximum absolute atomic E-state index is 13.3. The topological polar surface area (TPSA) is 72.0 Å². The van der Waals surface area contributed by atoms with E-state index in [1.165, 1.54) is 12.1 Å². The second-order valence-electron chi connectivity index (χ2n) is 8.87. The minimum atomic E-state index is -0.507. The SMILES string of the molecule is O=C(C[C@]1(COc2ccc(F)cc2)CCCN(C(=O)Cc2cccnc2)C1)N1CCOCC1. The Morgan fingerprint density at radius 2 is 1.85 bits per heavy atom. The summed E-state index contributed by atoms with van der Waals surface area (Å²) in [4.78, 5) is 34.0. The molecule has 2 amide bonds. The summed E-state index contributed by atoms with van der Waals surface area (Å²) in [6.45, 7) is 3.63. The normalized spacial score (nSPS) is 21.0. The first-order chi connectivity index (χ1) is 16.0. The van der Waals surface area contributed by atoms with Crippen LogP contribution >= 0.6 is 0 Å². The molecule has 2 fully saturated rings. The zero-order valence-corrected chi connectivity index (χ0v) is 18.7. The molecule has 0 unspecified atom stereocenters. The Balaban J connectivity index is 1.48. The predicted molar refractivity (Wildman–Crippen MR) is 120 cm³/mol. The number of hydrogen-bond donors (Lipinski definition) is 0. The molecule has 176 valence electrons. The lowest BCUT2D eigenvalue weighted by atomic mass is 9.77. The minimum Gasteiger partial charge on any atom is -0.493 e. The summed E-state index contributed by atoms with van der Waals surface area (Å²) in [5, 5.41) is 0. The molecule has 2 aromatic rings. The average Bonchev–Trinajstić information content (AvgIpc) is 2.85. The second-order valence-corrected chi connectivity index (χ2v) is 8.87. The van der Waals surface area contributed by atoms with Crippen LogP contribution in [0.3, 0.4) is 0 Å². The lowest BCUT2D eigenvalue weighted by Gasteiger charge is -2.43. The molecule has 2 aliphatic rings. The van der Waals surface area contributed by atoms with Gasteiger partial charge in [-0.25, -0.2) is 4.39 Å². The summed E-state index contributed by atoms with van der Waals surface area (Å²) in [6.07, 6.45) is 5.53. The molecule has 1 aromatic carbocycles. The standard InChI is InChI=1S/C25H30FN3O4/c26-21-4-6-22(7-5-21)33-19-25(16-24(31)28-11-13-32-14-12-28)8-2-10-29(18-25)23(30)15-20-3-1-9-27-17-20/h1,3-7,9,17H,2,8,10-16,18-19H2/t25-/m1/s1. The maximum Gasteiger partial charge on any atom is 0.227 e. The van der Waals surface area contributed by atoms with Crippen molar-refractivity contribution in [2.45, 2.75) is 25.7 Å². The highest BCUT2D eigenvalue weighted by Crippen LogP contribution is 2.35. The highest BCUT2D eigenvalue weighted by molar-refractivity contribution is 5.80. The number of likely N-dealkylation sites (tertiary alicyclic amines) is 1. The van der Waals surface area contributed by atoms with E-state index in [4.69, 9.17) is 9.47 Å². The predicted octanol–water partition coefficient (Wildman–Crippen LogP) is 2.70. The van der Waals surface area contributed by atoms with Crippen LogP contribution in [-0.2, 0) is 20.7 Å². The van der Waals surface area contributed by atoms with Crippen molar-refractivity contribution in [3.05, 3.63) is 60.2 Å². The van der Waals surface area contributed by atoms with Gasteiger partial charge in [0.2, 0.25) is 11.8 Å². The third kappa shape index (κ3) is 6.28. The highest BCUT2D eigenvalue weighted by Gasteiger charge is 2.41. The summed E-state index contributed by atoms with van der Waals surface area (Å²) < 4.78 is 24.7. The Hall–Kier alpha value is -3.00. The van der Waals surface area contributed by atoms with Gasteiger partial charge in [0.1, 0.15) is 11.6 Å². The number of halogens is 1. The number of morpholine rings is 1. The first kappa shape index (κ1) is 23.2. The van der Waals surface area contributed by atoms with Crippen molar-refractivity contribution in [3.63, 3.8) is 0 Å². The van der Waals surface area contributed by atoms with E-state index in [9.17, 15) is 14.0 Å². The number of amides is 2. The average molecular weight is 456 g/mol. The van der Waals surface area contributed by atoms with Crippen molar-refractivity contribution in [1.82, 2.24) is 14.8 Å². The van der Waals surface area contributed by atoms with Crippen molar-refractivity contribution in [3.8, 4) is 5.75 Å². The van der Waals surface area contributed by atoms with Crippen LogP contribution in [0.5, 0.6) is 5.75 Å². The molecule has 3 heterocycles. The zero-order chi connectivity index (χ0) is 23.1. The third-order valence-electron chi connectivity index (χ3n) is 6.34. The van der Waals surface area contributed by atoms with Crippen LogP contribution in [0.1, 0.15) is 24.8 Å². The van der Waals surface area contributed by atoms with Gasteiger partial charge < -0.3 is 19.3 Å². The fourth-order valence-electron chi connectivity index (χ4n) is 4.54. The molecule has 0 radical (unpaired) electrons. The van der Waals surface area contributed by atoms with E-state index in [-0.39, 0.29) is 30.7 Å². The highest BCUT2D eigenvalue weighted by atomic mass is 19.1. The molecular formula is C25H30FN3O4. The summed E-state index contributed by atoms with van der Waals surface area (Å²) in [5.41, 5.74) is 0.359. The Morgan fingerprint density at radius 3 is 2.58 bits per heavy atom. The number of piperidine rings is 1. The van der Waals surface area contributed by atoms with Crippen molar-refractivity contribution in [2.75, 3.05) is 46.0 Å². The van der Waals surface area contributed by atoms with Gasteiger partial charge in [-0.1, -0.05) is 6.07 Å². The molecule has 0 N–H and O–H groups in total. The number of benzene rings is 1. The molecule has 0 aliphatic carbocycles. The van der Waals surface area contributed by atoms with E-state index in [2.05, 4.69) is 4.98 Å². The fraction of sp³-hybridized carbons (Fsp3) is 0.480. The van der Waals surface area contributed by atoms with E-state index in [0.29, 0.717) is 51.6 Å². The van der Waals surface area contributed by atoms with Gasteiger partial charge in [-0.15, -0.1) is 0 Å². The van der Waals surface area contributed by atoms with Crippen LogP contribution in [-0.4, -0.2) is 72.6 Å². The van der Waals surface area contributed by atoms with Gasteiger partial charge in [0.15, 0.2) is 0 Å². The number of ether oxygens (including phenoxy) is 2. The van der Waals surface area contributed by atoms with Gasteiger partial charge in [0.05, 0.1) is 26.2 Å². The molecule has 4 rings (SSSR count). The van der Waals surface area contributed by atoms with Crippen LogP contribution < -0.4 is 4.74 Å². The smallest absolute Gasteiger partial charge is 0.227 e. The summed E-state index contributed by atoms with van der Waals surface area (Å²) in [6, 6.07) is 9.58.